The lowest BCUT2D eigenvalue weighted by Crippen LogP contribution is -2.20. The van der Waals surface area contributed by atoms with Crippen LogP contribution >= 0.6 is 0 Å². The summed E-state index contributed by atoms with van der Waals surface area (Å²) >= 11 is 0. The Labute approximate surface area is 114 Å². The summed E-state index contributed by atoms with van der Waals surface area (Å²) < 4.78 is 0. The summed E-state index contributed by atoms with van der Waals surface area (Å²) in [5, 5.41) is 3.37. The van der Waals surface area contributed by atoms with Crippen molar-refractivity contribution in [1.29, 1.82) is 0 Å². The Morgan fingerprint density at radius 2 is 1.79 bits per heavy atom. The highest BCUT2D eigenvalue weighted by Gasteiger charge is 2.18. The summed E-state index contributed by atoms with van der Waals surface area (Å²) in [5.74, 6) is 0. The number of nitrogens with one attached hydrogen (secondary N) is 1. The van der Waals surface area contributed by atoms with Gasteiger partial charge in [-0.05, 0) is 52.8 Å². The zero-order valence-corrected chi connectivity index (χ0v) is 10.9. The van der Waals surface area contributed by atoms with E-state index in [0.29, 0.717) is 0 Å². The van der Waals surface area contributed by atoms with Crippen LogP contribution in [0.5, 0.6) is 0 Å². The maximum atomic E-state index is 3.37. The number of hydrogen-bond acceptors (Lipinski definition) is 1. The van der Waals surface area contributed by atoms with Crippen LogP contribution in [-0.2, 0) is 6.42 Å². The quantitative estimate of drug-likeness (QED) is 0.692. The molecule has 0 radical (unpaired) electrons. The number of rotatable bonds is 1. The second kappa shape index (κ2) is 4.36. The third-order valence-electron chi connectivity index (χ3n) is 4.23. The molecule has 2 aliphatic rings. The molecule has 0 atom stereocenters. The minimum Gasteiger partial charge on any atom is -0.313 e. The van der Waals surface area contributed by atoms with Crippen molar-refractivity contribution in [2.75, 3.05) is 13.1 Å². The summed E-state index contributed by atoms with van der Waals surface area (Å²) in [4.78, 5) is 0. The second-order valence-corrected chi connectivity index (χ2v) is 5.39. The van der Waals surface area contributed by atoms with Crippen molar-refractivity contribution in [3.63, 3.8) is 0 Å². The zero-order chi connectivity index (χ0) is 12.7. The summed E-state index contributed by atoms with van der Waals surface area (Å²) in [6.07, 6.45) is 4.56. The van der Waals surface area contributed by atoms with E-state index in [1.807, 2.05) is 0 Å². The van der Waals surface area contributed by atoms with Crippen LogP contribution in [0.1, 0.15) is 23.1 Å². The van der Waals surface area contributed by atoms with E-state index >= 15 is 0 Å². The molecule has 0 saturated carbocycles. The molecule has 1 nitrogen and oxygen atoms in total. The summed E-state index contributed by atoms with van der Waals surface area (Å²) in [6, 6.07) is 15.8. The molecule has 0 aromatic heterocycles. The van der Waals surface area contributed by atoms with Gasteiger partial charge in [0.1, 0.15) is 0 Å². The van der Waals surface area contributed by atoms with Crippen molar-refractivity contribution in [3.8, 4) is 11.1 Å². The van der Waals surface area contributed by atoms with Gasteiger partial charge in [0.15, 0.2) is 0 Å². The second-order valence-electron chi connectivity index (χ2n) is 5.39. The van der Waals surface area contributed by atoms with Crippen LogP contribution in [0.2, 0.25) is 0 Å². The minimum absolute atomic E-state index is 1.01. The van der Waals surface area contributed by atoms with Gasteiger partial charge in [0.25, 0.3) is 0 Å². The third kappa shape index (κ3) is 1.82. The molecule has 0 fully saturated rings. The van der Waals surface area contributed by atoms with Crippen molar-refractivity contribution >= 4 is 5.57 Å². The van der Waals surface area contributed by atoms with Gasteiger partial charge in [0.05, 0.1) is 0 Å². The Morgan fingerprint density at radius 3 is 2.68 bits per heavy atom. The van der Waals surface area contributed by atoms with Crippen molar-refractivity contribution in [3.05, 3.63) is 65.2 Å². The maximum Gasteiger partial charge on any atom is 0.0140 e. The molecule has 94 valence electrons. The Kier molecular flexibility index (Phi) is 2.52. The molecule has 2 aromatic carbocycles. The van der Waals surface area contributed by atoms with Crippen LogP contribution in [0.25, 0.3) is 16.7 Å². The number of fused-ring (bicyclic) bond motifs is 3. The van der Waals surface area contributed by atoms with E-state index in [9.17, 15) is 0 Å². The third-order valence-corrected chi connectivity index (χ3v) is 4.23. The van der Waals surface area contributed by atoms with E-state index in [1.54, 1.807) is 0 Å². The molecule has 0 unspecified atom stereocenters. The van der Waals surface area contributed by atoms with Gasteiger partial charge in [0.2, 0.25) is 0 Å². The molecule has 4 rings (SSSR count). The van der Waals surface area contributed by atoms with Crippen LogP contribution < -0.4 is 5.32 Å². The molecule has 1 N–H and O–H groups in total. The van der Waals surface area contributed by atoms with E-state index in [1.165, 1.54) is 33.4 Å². The summed E-state index contributed by atoms with van der Waals surface area (Å²) in [7, 11) is 0. The van der Waals surface area contributed by atoms with Gasteiger partial charge in [0, 0.05) is 6.54 Å². The lowest BCUT2D eigenvalue weighted by molar-refractivity contribution is 0.738. The van der Waals surface area contributed by atoms with Crippen LogP contribution in [0.15, 0.2) is 48.5 Å². The fourth-order valence-corrected chi connectivity index (χ4v) is 3.23. The summed E-state index contributed by atoms with van der Waals surface area (Å²) in [5.41, 5.74) is 8.70. The van der Waals surface area contributed by atoms with Crippen molar-refractivity contribution in [2.45, 2.75) is 12.8 Å². The van der Waals surface area contributed by atoms with Crippen LogP contribution in [-0.4, -0.2) is 13.1 Å². The molecule has 19 heavy (non-hydrogen) atoms. The van der Waals surface area contributed by atoms with Crippen LogP contribution in [0, 0.1) is 0 Å². The van der Waals surface area contributed by atoms with Gasteiger partial charge < -0.3 is 5.32 Å². The van der Waals surface area contributed by atoms with Gasteiger partial charge in [-0.25, -0.2) is 0 Å². The highest BCUT2D eigenvalue weighted by atomic mass is 14.8. The average molecular weight is 247 g/mol. The zero-order valence-electron chi connectivity index (χ0n) is 10.9. The van der Waals surface area contributed by atoms with Gasteiger partial charge >= 0.3 is 0 Å². The highest BCUT2D eigenvalue weighted by molar-refractivity contribution is 5.79. The average Bonchev–Trinajstić information content (AvgIpc) is 2.86. The predicted octanol–water partition coefficient (Wildman–Crippen LogP) is 3.63. The number of hydrogen-bond donors (Lipinski definition) is 1. The first-order valence-corrected chi connectivity index (χ1v) is 7.03. The standard InChI is InChI=1S/C18H17N/c1-2-4-17-15(3-1)12-16-11-14(5-6-18(16)17)13-7-9-19-10-8-13/h1-7,11,19H,8-10,12H2. The van der Waals surface area contributed by atoms with E-state index in [-0.39, 0.29) is 0 Å². The first-order chi connectivity index (χ1) is 9.42. The molecule has 0 amide bonds. The van der Waals surface area contributed by atoms with Gasteiger partial charge in [-0.2, -0.15) is 0 Å². The lowest BCUT2D eigenvalue weighted by Gasteiger charge is -2.15. The molecule has 1 heteroatoms. The fourth-order valence-electron chi connectivity index (χ4n) is 3.23. The molecule has 1 heterocycles. The Morgan fingerprint density at radius 1 is 0.895 bits per heavy atom. The lowest BCUT2D eigenvalue weighted by atomic mass is 9.96. The van der Waals surface area contributed by atoms with Crippen LogP contribution in [0.3, 0.4) is 0 Å². The fraction of sp³-hybridized carbons (Fsp3) is 0.222. The van der Waals surface area contributed by atoms with Crippen molar-refractivity contribution in [2.24, 2.45) is 0 Å². The molecular formula is C18H17N. The van der Waals surface area contributed by atoms with Gasteiger partial charge in [-0.3, -0.25) is 0 Å². The van der Waals surface area contributed by atoms with Crippen molar-refractivity contribution in [1.82, 2.24) is 5.32 Å². The normalized spacial score (nSPS) is 16.7. The van der Waals surface area contributed by atoms with Crippen LogP contribution in [0.4, 0.5) is 0 Å². The molecule has 0 saturated heterocycles. The molecule has 1 aliphatic carbocycles. The first kappa shape index (κ1) is 11.0. The van der Waals surface area contributed by atoms with E-state index in [0.717, 1.165) is 25.9 Å². The topological polar surface area (TPSA) is 12.0 Å². The largest absolute Gasteiger partial charge is 0.313 e. The van der Waals surface area contributed by atoms with E-state index < -0.39 is 0 Å². The van der Waals surface area contributed by atoms with Gasteiger partial charge in [-0.15, -0.1) is 0 Å². The number of benzene rings is 2. The van der Waals surface area contributed by atoms with Gasteiger partial charge in [-0.1, -0.05) is 48.5 Å². The minimum atomic E-state index is 1.01. The molecule has 1 aliphatic heterocycles. The van der Waals surface area contributed by atoms with E-state index in [2.05, 4.69) is 53.9 Å². The molecular weight excluding hydrogens is 230 g/mol. The Balaban J connectivity index is 1.77. The Bertz CT molecular complexity index is 667. The summed E-state index contributed by atoms with van der Waals surface area (Å²) in [6.45, 7) is 2.11. The SMILES string of the molecule is C1=C(c2ccc3c(c2)Cc2ccccc2-3)CCNC1. The van der Waals surface area contributed by atoms with E-state index in [4.69, 9.17) is 0 Å². The highest BCUT2D eigenvalue weighted by Crippen LogP contribution is 2.37. The Hall–Kier alpha value is -1.86. The molecule has 0 bridgehead atoms. The monoisotopic (exact) mass is 247 g/mol. The van der Waals surface area contributed by atoms with Crippen molar-refractivity contribution < 1.29 is 0 Å². The predicted molar refractivity (Wildman–Crippen MR) is 80.1 cm³/mol. The first-order valence-electron chi connectivity index (χ1n) is 7.03. The molecule has 0 spiro atoms. The maximum absolute atomic E-state index is 3.37. The molecule has 2 aromatic rings. The smallest absolute Gasteiger partial charge is 0.0140 e.